The highest BCUT2D eigenvalue weighted by Crippen LogP contribution is 2.25. The summed E-state index contributed by atoms with van der Waals surface area (Å²) in [6.07, 6.45) is 1.66. The van der Waals surface area contributed by atoms with Crippen LogP contribution in [0.15, 0.2) is 82.9 Å². The molecule has 0 aliphatic heterocycles. The fraction of sp³-hybridized carbons (Fsp3) is 0.130. The first-order valence-electron chi connectivity index (χ1n) is 9.65. The summed E-state index contributed by atoms with van der Waals surface area (Å²) in [6.45, 7) is 2.03. The minimum atomic E-state index is -0.545. The van der Waals surface area contributed by atoms with Crippen LogP contribution < -0.4 is 10.9 Å². The standard InChI is InChI=1S/C23H19FN4O2S/c1-15(21(29)26-14-17-8-4-5-12-25-17)31-23-27-20-11-3-2-10-19(20)22(30)28(23)18-9-6-7-16(24)13-18/h2-13,15H,14H2,1H3,(H,26,29). The van der Waals surface area contributed by atoms with Crippen molar-refractivity contribution < 1.29 is 9.18 Å². The molecule has 2 aromatic heterocycles. The Morgan fingerprint density at radius 1 is 1.13 bits per heavy atom. The molecule has 1 N–H and O–H groups in total. The molecule has 0 aliphatic carbocycles. The maximum absolute atomic E-state index is 13.9. The summed E-state index contributed by atoms with van der Waals surface area (Å²) in [5.74, 6) is -0.682. The van der Waals surface area contributed by atoms with Crippen LogP contribution in [0.3, 0.4) is 0 Å². The summed E-state index contributed by atoms with van der Waals surface area (Å²) >= 11 is 1.14. The molecule has 31 heavy (non-hydrogen) atoms. The molecular formula is C23H19FN4O2S. The van der Waals surface area contributed by atoms with E-state index in [-0.39, 0.29) is 11.5 Å². The fourth-order valence-corrected chi connectivity index (χ4v) is 4.02. The number of halogens is 1. The monoisotopic (exact) mass is 434 g/mol. The second-order valence-electron chi connectivity index (χ2n) is 6.83. The zero-order valence-electron chi connectivity index (χ0n) is 16.7. The molecule has 1 atom stereocenters. The fourth-order valence-electron chi connectivity index (χ4n) is 3.07. The van der Waals surface area contributed by atoms with Crippen molar-refractivity contribution in [1.29, 1.82) is 0 Å². The van der Waals surface area contributed by atoms with Gasteiger partial charge in [0.05, 0.1) is 34.1 Å². The molecule has 4 rings (SSSR count). The van der Waals surface area contributed by atoms with Crippen molar-refractivity contribution in [3.05, 3.63) is 94.8 Å². The molecule has 2 heterocycles. The number of hydrogen-bond acceptors (Lipinski definition) is 5. The van der Waals surface area contributed by atoms with Crippen LogP contribution in [0.25, 0.3) is 16.6 Å². The van der Waals surface area contributed by atoms with Gasteiger partial charge in [-0.05, 0) is 49.4 Å². The number of carbonyl (C=O) groups is 1. The van der Waals surface area contributed by atoms with E-state index in [4.69, 9.17) is 0 Å². The van der Waals surface area contributed by atoms with E-state index in [0.717, 1.165) is 17.5 Å². The first-order chi connectivity index (χ1) is 15.0. The van der Waals surface area contributed by atoms with Crippen molar-refractivity contribution in [2.75, 3.05) is 0 Å². The molecule has 0 spiro atoms. The quantitative estimate of drug-likeness (QED) is 0.370. The average molecular weight is 434 g/mol. The van der Waals surface area contributed by atoms with Crippen LogP contribution in [0.2, 0.25) is 0 Å². The number of aromatic nitrogens is 3. The average Bonchev–Trinajstić information content (AvgIpc) is 2.78. The lowest BCUT2D eigenvalue weighted by Gasteiger charge is -2.16. The van der Waals surface area contributed by atoms with Gasteiger partial charge in [0, 0.05) is 6.20 Å². The van der Waals surface area contributed by atoms with Crippen molar-refractivity contribution in [2.24, 2.45) is 0 Å². The van der Waals surface area contributed by atoms with Gasteiger partial charge in [0.25, 0.3) is 5.56 Å². The topological polar surface area (TPSA) is 76.9 Å². The number of benzene rings is 2. The third kappa shape index (κ3) is 4.64. The Kier molecular flexibility index (Phi) is 6.08. The maximum Gasteiger partial charge on any atom is 0.266 e. The van der Waals surface area contributed by atoms with E-state index in [9.17, 15) is 14.0 Å². The van der Waals surface area contributed by atoms with Crippen LogP contribution in [0, 0.1) is 5.82 Å². The Balaban J connectivity index is 1.66. The van der Waals surface area contributed by atoms with Crippen molar-refractivity contribution in [3.8, 4) is 5.69 Å². The van der Waals surface area contributed by atoms with Gasteiger partial charge in [-0.3, -0.25) is 19.1 Å². The summed E-state index contributed by atoms with van der Waals surface area (Å²) < 4.78 is 15.2. The predicted molar refractivity (Wildman–Crippen MR) is 119 cm³/mol. The Morgan fingerprint density at radius 2 is 1.94 bits per heavy atom. The van der Waals surface area contributed by atoms with Gasteiger partial charge in [0.1, 0.15) is 5.82 Å². The maximum atomic E-state index is 13.9. The van der Waals surface area contributed by atoms with Gasteiger partial charge in [0.2, 0.25) is 5.91 Å². The highest BCUT2D eigenvalue weighted by molar-refractivity contribution is 8.00. The van der Waals surface area contributed by atoms with Crippen molar-refractivity contribution >= 4 is 28.6 Å². The lowest BCUT2D eigenvalue weighted by molar-refractivity contribution is -0.120. The lowest BCUT2D eigenvalue weighted by atomic mass is 10.2. The summed E-state index contributed by atoms with van der Waals surface area (Å²) in [6, 6.07) is 18.2. The molecule has 0 bridgehead atoms. The Bertz CT molecular complexity index is 1290. The normalized spacial score (nSPS) is 11.9. The third-order valence-corrected chi connectivity index (χ3v) is 5.68. The number of rotatable bonds is 6. The summed E-state index contributed by atoms with van der Waals surface area (Å²) in [7, 11) is 0. The highest BCUT2D eigenvalue weighted by atomic mass is 32.2. The Hall–Kier alpha value is -3.52. The highest BCUT2D eigenvalue weighted by Gasteiger charge is 2.20. The zero-order chi connectivity index (χ0) is 21.8. The number of amides is 1. The lowest BCUT2D eigenvalue weighted by Crippen LogP contribution is -2.31. The molecule has 0 radical (unpaired) electrons. The SMILES string of the molecule is CC(Sc1nc2ccccc2c(=O)n1-c1cccc(F)c1)C(=O)NCc1ccccn1. The van der Waals surface area contributed by atoms with Gasteiger partial charge in [-0.2, -0.15) is 0 Å². The predicted octanol–water partition coefficient (Wildman–Crippen LogP) is 3.72. The number of fused-ring (bicyclic) bond motifs is 1. The summed E-state index contributed by atoms with van der Waals surface area (Å²) in [5.41, 5.74) is 1.30. The minimum absolute atomic E-state index is 0.219. The van der Waals surface area contributed by atoms with Crippen LogP contribution in [-0.2, 0) is 11.3 Å². The van der Waals surface area contributed by atoms with Crippen LogP contribution in [0.4, 0.5) is 4.39 Å². The van der Waals surface area contributed by atoms with Gasteiger partial charge < -0.3 is 5.32 Å². The van der Waals surface area contributed by atoms with Crippen LogP contribution >= 0.6 is 11.8 Å². The summed E-state index contributed by atoms with van der Waals surface area (Å²) in [5, 5.41) is 3.03. The first kappa shape index (κ1) is 20.7. The molecule has 1 amide bonds. The number of carbonyl (C=O) groups excluding carboxylic acids is 1. The van der Waals surface area contributed by atoms with Gasteiger partial charge in [-0.15, -0.1) is 0 Å². The molecule has 0 saturated carbocycles. The number of thioether (sulfide) groups is 1. The number of nitrogens with one attached hydrogen (secondary N) is 1. The van der Waals surface area contributed by atoms with E-state index in [1.54, 1.807) is 49.5 Å². The van der Waals surface area contributed by atoms with Crippen molar-refractivity contribution in [1.82, 2.24) is 19.9 Å². The smallest absolute Gasteiger partial charge is 0.266 e. The largest absolute Gasteiger partial charge is 0.349 e. The van der Waals surface area contributed by atoms with Gasteiger partial charge in [-0.25, -0.2) is 9.37 Å². The molecular weight excluding hydrogens is 415 g/mol. The Labute approximate surface area is 182 Å². The molecule has 2 aromatic carbocycles. The van der Waals surface area contributed by atoms with Crippen molar-refractivity contribution in [3.63, 3.8) is 0 Å². The van der Waals surface area contributed by atoms with E-state index in [2.05, 4.69) is 15.3 Å². The summed E-state index contributed by atoms with van der Waals surface area (Å²) in [4.78, 5) is 34.6. The number of hydrogen-bond donors (Lipinski definition) is 1. The second kappa shape index (κ2) is 9.09. The number of pyridine rings is 1. The molecule has 6 nitrogen and oxygen atoms in total. The minimum Gasteiger partial charge on any atom is -0.349 e. The van der Waals surface area contributed by atoms with E-state index < -0.39 is 11.1 Å². The van der Waals surface area contributed by atoms with E-state index in [1.165, 1.54) is 22.8 Å². The number of nitrogens with zero attached hydrogens (tertiary/aromatic N) is 3. The third-order valence-electron chi connectivity index (χ3n) is 4.63. The van der Waals surface area contributed by atoms with Crippen LogP contribution in [0.5, 0.6) is 0 Å². The van der Waals surface area contributed by atoms with E-state index in [1.807, 2.05) is 12.1 Å². The molecule has 0 saturated heterocycles. The molecule has 8 heteroatoms. The van der Waals surface area contributed by atoms with E-state index >= 15 is 0 Å². The van der Waals surface area contributed by atoms with Crippen LogP contribution in [0.1, 0.15) is 12.6 Å². The zero-order valence-corrected chi connectivity index (χ0v) is 17.5. The van der Waals surface area contributed by atoms with Gasteiger partial charge in [0.15, 0.2) is 5.16 Å². The molecule has 1 unspecified atom stereocenters. The molecule has 0 fully saturated rings. The van der Waals surface area contributed by atoms with Crippen LogP contribution in [-0.4, -0.2) is 25.7 Å². The molecule has 0 aliphatic rings. The Morgan fingerprint density at radius 3 is 2.71 bits per heavy atom. The second-order valence-corrected chi connectivity index (χ2v) is 8.14. The van der Waals surface area contributed by atoms with Gasteiger partial charge in [-0.1, -0.05) is 36.0 Å². The van der Waals surface area contributed by atoms with Gasteiger partial charge >= 0.3 is 0 Å². The molecule has 156 valence electrons. The van der Waals surface area contributed by atoms with E-state index in [0.29, 0.717) is 28.3 Å². The number of para-hydroxylation sites is 1. The molecule has 4 aromatic rings. The van der Waals surface area contributed by atoms with Crippen molar-refractivity contribution in [2.45, 2.75) is 23.9 Å². The first-order valence-corrected chi connectivity index (χ1v) is 10.5.